The molecule has 0 saturated carbocycles. The molecule has 1 aliphatic heterocycles. The third kappa shape index (κ3) is 4.23. The third-order valence-corrected chi connectivity index (χ3v) is 5.79. The van der Waals surface area contributed by atoms with E-state index >= 15 is 0 Å². The number of amides is 1. The zero-order valence-corrected chi connectivity index (χ0v) is 18.2. The molecule has 1 N–H and O–H groups in total. The summed E-state index contributed by atoms with van der Waals surface area (Å²) in [6.45, 7) is 2.59. The van der Waals surface area contributed by atoms with Crippen LogP contribution in [-0.4, -0.2) is 41.9 Å². The highest BCUT2D eigenvalue weighted by atomic mass is 16.2. The third-order valence-electron chi connectivity index (χ3n) is 5.79. The number of carbonyl (C=O) groups is 1. The van der Waals surface area contributed by atoms with Crippen LogP contribution in [0.15, 0.2) is 46.4 Å². The summed E-state index contributed by atoms with van der Waals surface area (Å²) in [6.07, 6.45) is 9.43. The number of likely N-dealkylation sites (tertiary alicyclic amines) is 1. The van der Waals surface area contributed by atoms with Crippen LogP contribution < -0.4 is 11.2 Å². The molecule has 3 aromatic rings. The Morgan fingerprint density at radius 3 is 2.72 bits per heavy atom. The Labute approximate surface area is 185 Å². The lowest BCUT2D eigenvalue weighted by Crippen LogP contribution is -2.42. The molecule has 4 rings (SSSR count). The Kier molecular flexibility index (Phi) is 6.25. The number of hydrogen-bond donors (Lipinski definition) is 1. The Hall–Kier alpha value is -3.62. The number of H-pyrrole nitrogens is 1. The Morgan fingerprint density at radius 2 is 2.00 bits per heavy atom. The molecule has 1 fully saturated rings. The van der Waals surface area contributed by atoms with E-state index in [2.05, 4.69) is 21.9 Å². The lowest BCUT2D eigenvalue weighted by Gasteiger charge is -2.36. The van der Waals surface area contributed by atoms with Crippen molar-refractivity contribution in [2.75, 3.05) is 6.54 Å². The van der Waals surface area contributed by atoms with E-state index in [9.17, 15) is 14.4 Å². The largest absolute Gasteiger partial charge is 0.329 e. The van der Waals surface area contributed by atoms with E-state index in [1.807, 2.05) is 18.3 Å². The standard InChI is InChI=1S/C23H26N6O3/c1-3-6-19-25-14-16(15-8-10-24-11-9-15)21(27-19)18-7-4-5-12-29(18)22(31)17-13-20(30)28(2)23(32)26-17/h8-11,13-14,18H,3-7,12H2,1-2H3,(H,26,32). The lowest BCUT2D eigenvalue weighted by molar-refractivity contribution is 0.0599. The fraction of sp³-hybridized carbons (Fsp3) is 0.391. The number of hydrogen-bond acceptors (Lipinski definition) is 6. The van der Waals surface area contributed by atoms with E-state index in [4.69, 9.17) is 4.98 Å². The Balaban J connectivity index is 1.80. The summed E-state index contributed by atoms with van der Waals surface area (Å²) >= 11 is 0. The number of aromatic nitrogens is 5. The highest BCUT2D eigenvalue weighted by Gasteiger charge is 2.32. The molecule has 0 aromatic carbocycles. The van der Waals surface area contributed by atoms with Crippen LogP contribution >= 0.6 is 0 Å². The van der Waals surface area contributed by atoms with Crippen molar-refractivity contribution in [1.29, 1.82) is 0 Å². The average molecular weight is 435 g/mol. The van der Waals surface area contributed by atoms with Crippen molar-refractivity contribution in [1.82, 2.24) is 29.4 Å². The minimum absolute atomic E-state index is 0.00158. The van der Waals surface area contributed by atoms with E-state index < -0.39 is 11.2 Å². The molecule has 1 amide bonds. The summed E-state index contributed by atoms with van der Waals surface area (Å²) in [5.41, 5.74) is 1.44. The lowest BCUT2D eigenvalue weighted by atomic mass is 9.93. The second-order valence-electron chi connectivity index (χ2n) is 7.97. The summed E-state index contributed by atoms with van der Waals surface area (Å²) < 4.78 is 0.938. The zero-order valence-electron chi connectivity index (χ0n) is 18.2. The van der Waals surface area contributed by atoms with Crippen LogP contribution in [0, 0.1) is 0 Å². The first kappa shape index (κ1) is 21.6. The number of rotatable bonds is 5. The van der Waals surface area contributed by atoms with Gasteiger partial charge >= 0.3 is 5.69 Å². The zero-order chi connectivity index (χ0) is 22.7. The summed E-state index contributed by atoms with van der Waals surface area (Å²) in [4.78, 5) is 55.3. The first-order valence-electron chi connectivity index (χ1n) is 10.9. The predicted octanol–water partition coefficient (Wildman–Crippen LogP) is 2.25. The monoisotopic (exact) mass is 434 g/mol. The number of aryl methyl sites for hydroxylation is 1. The SMILES string of the molecule is CCCc1ncc(-c2ccncc2)c(C2CCCCN2C(=O)c2cc(=O)n(C)c(=O)[nH]2)n1. The molecule has 9 heteroatoms. The van der Waals surface area contributed by atoms with Crippen molar-refractivity contribution in [2.24, 2.45) is 7.05 Å². The first-order chi connectivity index (χ1) is 15.5. The Bertz CT molecular complexity index is 1200. The van der Waals surface area contributed by atoms with Gasteiger partial charge in [-0.3, -0.25) is 19.1 Å². The predicted molar refractivity (Wildman–Crippen MR) is 119 cm³/mol. The minimum Gasteiger partial charge on any atom is -0.329 e. The van der Waals surface area contributed by atoms with Gasteiger partial charge in [0.1, 0.15) is 11.5 Å². The van der Waals surface area contributed by atoms with Crippen LogP contribution in [0.1, 0.15) is 60.7 Å². The first-order valence-corrected chi connectivity index (χ1v) is 10.9. The number of nitrogens with one attached hydrogen (secondary N) is 1. The van der Waals surface area contributed by atoms with Gasteiger partial charge in [-0.2, -0.15) is 0 Å². The van der Waals surface area contributed by atoms with Gasteiger partial charge in [-0.05, 0) is 43.4 Å². The number of carbonyl (C=O) groups excluding carboxylic acids is 1. The van der Waals surface area contributed by atoms with E-state index in [0.717, 1.165) is 59.3 Å². The average Bonchev–Trinajstić information content (AvgIpc) is 2.82. The molecular formula is C23H26N6O3. The maximum atomic E-state index is 13.4. The summed E-state index contributed by atoms with van der Waals surface area (Å²) in [5.74, 6) is 0.362. The molecule has 0 bridgehead atoms. The van der Waals surface area contributed by atoms with Crippen molar-refractivity contribution in [3.63, 3.8) is 0 Å². The van der Waals surface area contributed by atoms with Gasteiger partial charge in [0, 0.05) is 50.2 Å². The Morgan fingerprint density at radius 1 is 1.22 bits per heavy atom. The van der Waals surface area contributed by atoms with E-state index in [-0.39, 0.29) is 17.6 Å². The maximum Gasteiger partial charge on any atom is 0.328 e. The summed E-state index contributed by atoms with van der Waals surface area (Å²) in [6, 6.07) is 4.69. The van der Waals surface area contributed by atoms with Gasteiger partial charge in [-0.15, -0.1) is 0 Å². The fourth-order valence-corrected chi connectivity index (χ4v) is 4.07. The summed E-state index contributed by atoms with van der Waals surface area (Å²) in [7, 11) is 1.37. The van der Waals surface area contributed by atoms with E-state index in [0.29, 0.717) is 6.54 Å². The van der Waals surface area contributed by atoms with Crippen molar-refractivity contribution in [2.45, 2.75) is 45.1 Å². The molecule has 0 aliphatic carbocycles. The van der Waals surface area contributed by atoms with Crippen LogP contribution in [-0.2, 0) is 13.5 Å². The second kappa shape index (κ2) is 9.25. The molecular weight excluding hydrogens is 408 g/mol. The molecule has 0 radical (unpaired) electrons. The summed E-state index contributed by atoms with van der Waals surface area (Å²) in [5, 5.41) is 0. The van der Waals surface area contributed by atoms with Crippen LogP contribution in [0.2, 0.25) is 0 Å². The molecule has 1 aliphatic rings. The maximum absolute atomic E-state index is 13.4. The molecule has 32 heavy (non-hydrogen) atoms. The molecule has 9 nitrogen and oxygen atoms in total. The molecule has 0 spiro atoms. The smallest absolute Gasteiger partial charge is 0.328 e. The van der Waals surface area contributed by atoms with Crippen molar-refractivity contribution >= 4 is 5.91 Å². The molecule has 1 saturated heterocycles. The van der Waals surface area contributed by atoms with Crippen molar-refractivity contribution < 1.29 is 4.79 Å². The molecule has 1 atom stereocenters. The van der Waals surface area contributed by atoms with Gasteiger partial charge in [0.2, 0.25) is 0 Å². The number of piperidine rings is 1. The van der Waals surface area contributed by atoms with E-state index in [1.54, 1.807) is 17.3 Å². The number of nitrogens with zero attached hydrogens (tertiary/aromatic N) is 5. The van der Waals surface area contributed by atoms with E-state index in [1.165, 1.54) is 13.1 Å². The van der Waals surface area contributed by atoms with Gasteiger partial charge in [0.05, 0.1) is 11.7 Å². The highest BCUT2D eigenvalue weighted by molar-refractivity contribution is 5.92. The normalized spacial score (nSPS) is 16.2. The van der Waals surface area contributed by atoms with Gasteiger partial charge in [-0.25, -0.2) is 14.8 Å². The van der Waals surface area contributed by atoms with Crippen LogP contribution in [0.3, 0.4) is 0 Å². The highest BCUT2D eigenvalue weighted by Crippen LogP contribution is 2.36. The molecule has 4 heterocycles. The van der Waals surface area contributed by atoms with Gasteiger partial charge in [0.25, 0.3) is 11.5 Å². The van der Waals surface area contributed by atoms with Crippen molar-refractivity contribution in [3.8, 4) is 11.1 Å². The topological polar surface area (TPSA) is 114 Å². The minimum atomic E-state index is -0.612. The van der Waals surface area contributed by atoms with Crippen LogP contribution in [0.4, 0.5) is 0 Å². The van der Waals surface area contributed by atoms with Crippen LogP contribution in [0.5, 0.6) is 0 Å². The second-order valence-corrected chi connectivity index (χ2v) is 7.97. The number of aromatic amines is 1. The van der Waals surface area contributed by atoms with Crippen molar-refractivity contribution in [3.05, 3.63) is 74.8 Å². The van der Waals surface area contributed by atoms with Gasteiger partial charge < -0.3 is 9.88 Å². The molecule has 3 aromatic heterocycles. The number of pyridine rings is 1. The quantitative estimate of drug-likeness (QED) is 0.659. The van der Waals surface area contributed by atoms with Gasteiger partial charge in [0.15, 0.2) is 0 Å². The van der Waals surface area contributed by atoms with Crippen LogP contribution in [0.25, 0.3) is 11.1 Å². The molecule has 1 unspecified atom stereocenters. The van der Waals surface area contributed by atoms with Gasteiger partial charge in [-0.1, -0.05) is 6.92 Å². The fourth-order valence-electron chi connectivity index (χ4n) is 4.07. The molecule has 166 valence electrons.